The Bertz CT molecular complexity index is 2480. The Morgan fingerprint density at radius 2 is 1.49 bits per heavy atom. The Hall–Kier alpha value is -6.85. The minimum absolute atomic E-state index is 0.0844. The van der Waals surface area contributed by atoms with Crippen molar-refractivity contribution in [2.24, 2.45) is 0 Å². The van der Waals surface area contributed by atoms with Crippen molar-refractivity contribution in [3.63, 3.8) is 0 Å². The maximum Gasteiger partial charge on any atom is 0.410 e. The van der Waals surface area contributed by atoms with Crippen LogP contribution in [0.1, 0.15) is 87.9 Å². The second kappa shape index (κ2) is 23.7. The summed E-state index contributed by atoms with van der Waals surface area (Å²) in [4.78, 5) is 30.6. The van der Waals surface area contributed by atoms with Crippen molar-refractivity contribution < 1.29 is 47.8 Å². The highest BCUT2D eigenvalue weighted by Gasteiger charge is 2.27. The van der Waals surface area contributed by atoms with E-state index in [1.807, 2.05) is 99.3 Å². The molecule has 17 nitrogen and oxygen atoms in total. The molecular formula is C51H65N7O10. The third-order valence-corrected chi connectivity index (χ3v) is 11.1. The zero-order valence-corrected chi connectivity index (χ0v) is 40.8. The number of pyridine rings is 1. The van der Waals surface area contributed by atoms with Gasteiger partial charge in [-0.25, -0.2) is 19.3 Å². The molecule has 364 valence electrons. The number of fused-ring (bicyclic) bond motifs is 1. The maximum absolute atomic E-state index is 12.6. The van der Waals surface area contributed by atoms with E-state index in [-0.39, 0.29) is 24.8 Å². The topological polar surface area (TPSA) is 174 Å². The number of carbonyl (C=O) groups excluding carboxylic acids is 1. The molecule has 0 aliphatic carbocycles. The molecule has 0 spiro atoms. The number of hydrogen-bond acceptors (Lipinski definition) is 15. The molecule has 0 aliphatic heterocycles. The first-order valence-electron chi connectivity index (χ1n) is 22.7. The lowest BCUT2D eigenvalue weighted by molar-refractivity contribution is 0.0193. The van der Waals surface area contributed by atoms with Gasteiger partial charge in [-0.2, -0.15) is 4.98 Å². The molecule has 0 bridgehead atoms. The molecule has 0 aliphatic rings. The number of ether oxygens (including phenoxy) is 8. The summed E-state index contributed by atoms with van der Waals surface area (Å²) in [5.74, 6) is 3.25. The molecule has 3 aromatic carbocycles. The average molecular weight is 936 g/mol. The van der Waals surface area contributed by atoms with Gasteiger partial charge in [0.05, 0.1) is 59.6 Å². The molecule has 0 fully saturated rings. The first kappa shape index (κ1) is 50.6. The second-order valence-electron chi connectivity index (χ2n) is 17.3. The largest absolute Gasteiger partial charge is 0.497 e. The van der Waals surface area contributed by atoms with E-state index in [4.69, 9.17) is 53.0 Å². The third kappa shape index (κ3) is 13.4. The van der Waals surface area contributed by atoms with Crippen LogP contribution < -0.4 is 33.3 Å². The predicted octanol–water partition coefficient (Wildman–Crippen LogP) is 8.63. The van der Waals surface area contributed by atoms with Gasteiger partial charge in [0.2, 0.25) is 5.88 Å². The molecule has 0 radical (unpaired) electrons. The van der Waals surface area contributed by atoms with Gasteiger partial charge < -0.3 is 52.8 Å². The van der Waals surface area contributed by atoms with Crippen molar-refractivity contribution in [3.8, 4) is 34.9 Å². The summed E-state index contributed by atoms with van der Waals surface area (Å²) < 4.78 is 48.5. The van der Waals surface area contributed by atoms with Crippen LogP contribution in [0.25, 0.3) is 5.65 Å². The minimum atomic E-state index is -1.23. The molecule has 2 unspecified atom stereocenters. The van der Waals surface area contributed by atoms with Crippen LogP contribution in [0.2, 0.25) is 0 Å². The Morgan fingerprint density at radius 3 is 2.06 bits per heavy atom. The summed E-state index contributed by atoms with van der Waals surface area (Å²) in [5, 5.41) is 16.9. The van der Waals surface area contributed by atoms with Crippen LogP contribution in [-0.2, 0) is 29.2 Å². The van der Waals surface area contributed by atoms with Crippen LogP contribution in [0.3, 0.4) is 0 Å². The van der Waals surface area contributed by atoms with E-state index in [0.717, 1.165) is 29.5 Å². The Balaban J connectivity index is 1.37. The maximum atomic E-state index is 12.6. The van der Waals surface area contributed by atoms with E-state index in [1.54, 1.807) is 58.3 Å². The molecule has 6 aromatic rings. The Morgan fingerprint density at radius 1 is 0.824 bits per heavy atom. The highest BCUT2D eigenvalue weighted by Crippen LogP contribution is 2.34. The Labute approximate surface area is 398 Å². The summed E-state index contributed by atoms with van der Waals surface area (Å²) in [5.41, 5.74) is 3.31. The van der Waals surface area contributed by atoms with E-state index in [1.165, 1.54) is 11.1 Å². The molecule has 17 heteroatoms. The monoisotopic (exact) mass is 935 g/mol. The van der Waals surface area contributed by atoms with Crippen molar-refractivity contribution in [3.05, 3.63) is 119 Å². The van der Waals surface area contributed by atoms with Gasteiger partial charge in [0.15, 0.2) is 11.5 Å². The van der Waals surface area contributed by atoms with Crippen LogP contribution in [-0.4, -0.2) is 107 Å². The zero-order valence-electron chi connectivity index (χ0n) is 40.8. The van der Waals surface area contributed by atoms with Crippen LogP contribution in [0.4, 0.5) is 10.6 Å². The quantitative estimate of drug-likeness (QED) is 0.0571. The summed E-state index contributed by atoms with van der Waals surface area (Å²) in [6.07, 6.45) is 3.28. The van der Waals surface area contributed by atoms with E-state index in [0.29, 0.717) is 84.3 Å². The van der Waals surface area contributed by atoms with E-state index < -0.39 is 17.8 Å². The van der Waals surface area contributed by atoms with E-state index >= 15 is 0 Å². The lowest BCUT2D eigenvalue weighted by atomic mass is 10.1. The zero-order chi connectivity index (χ0) is 48.8. The fourth-order valence-corrected chi connectivity index (χ4v) is 7.25. The van der Waals surface area contributed by atoms with Gasteiger partial charge in [-0.05, 0) is 70.0 Å². The highest BCUT2D eigenvalue weighted by molar-refractivity contribution is 5.68. The van der Waals surface area contributed by atoms with Crippen LogP contribution in [0.5, 0.6) is 34.9 Å². The third-order valence-electron chi connectivity index (χ3n) is 11.1. The number of amides is 1. The van der Waals surface area contributed by atoms with E-state index in [9.17, 15) is 9.90 Å². The van der Waals surface area contributed by atoms with E-state index in [2.05, 4.69) is 11.9 Å². The van der Waals surface area contributed by atoms with Gasteiger partial charge in [-0.15, -0.1) is 5.10 Å². The summed E-state index contributed by atoms with van der Waals surface area (Å²) in [6, 6.07) is 24.5. The standard InChI is InChI=1S/C51H65N7O10/c1-11-15-39(24-25-65-33-35-16-13-12-14-17-35)67-49-54-48(57(30-37-18-21-40(61-7)26-43(37)63-9)31-38-19-22-41(62-8)27-44(38)64-10)47-53-29-42(58(47)55-49)46(59)36-20-23-45(52-28-36)66-32-34(2)56(6)50(60)68-51(3,4)5/h12-14,16-23,26-29,34,39,46,59H,11,15,24-25,30-33H2,1-10H3/t34?,39-,46?/m1/s1. The lowest BCUT2D eigenvalue weighted by Crippen LogP contribution is -2.42. The van der Waals surface area contributed by atoms with Gasteiger partial charge in [0.1, 0.15) is 47.4 Å². The number of anilines is 1. The smallest absolute Gasteiger partial charge is 0.410 e. The van der Waals surface area contributed by atoms with Gasteiger partial charge in [-0.3, -0.25) is 0 Å². The average Bonchev–Trinajstić information content (AvgIpc) is 3.77. The van der Waals surface area contributed by atoms with Crippen molar-refractivity contribution in [1.29, 1.82) is 0 Å². The molecule has 3 aromatic heterocycles. The fourth-order valence-electron chi connectivity index (χ4n) is 7.25. The predicted molar refractivity (Wildman–Crippen MR) is 257 cm³/mol. The number of imidazole rings is 1. The molecule has 0 saturated heterocycles. The summed E-state index contributed by atoms with van der Waals surface area (Å²) in [7, 11) is 8.10. The summed E-state index contributed by atoms with van der Waals surface area (Å²) in [6.45, 7) is 11.1. The molecule has 0 saturated carbocycles. The highest BCUT2D eigenvalue weighted by atomic mass is 16.6. The number of rotatable bonds is 24. The molecule has 68 heavy (non-hydrogen) atoms. The minimum Gasteiger partial charge on any atom is -0.497 e. The van der Waals surface area contributed by atoms with Crippen LogP contribution >= 0.6 is 0 Å². The van der Waals surface area contributed by atoms with Gasteiger partial charge >= 0.3 is 12.1 Å². The first-order chi connectivity index (χ1) is 32.7. The number of aliphatic hydroxyl groups is 1. The summed E-state index contributed by atoms with van der Waals surface area (Å²) >= 11 is 0. The SMILES string of the molecule is CCC[C@H](CCOCc1ccccc1)Oc1nc(N(Cc2ccc(OC)cc2OC)Cc2ccc(OC)cc2OC)c2ncc(C(O)c3ccc(OCC(C)N(C)C(=O)OC(C)(C)C)nc3)n2n1. The lowest BCUT2D eigenvalue weighted by Gasteiger charge is -2.28. The Kier molecular flexibility index (Phi) is 17.7. The number of methoxy groups -OCH3 is 4. The van der Waals surface area contributed by atoms with Crippen molar-refractivity contribution in [1.82, 2.24) is 29.5 Å². The molecule has 3 heterocycles. The van der Waals surface area contributed by atoms with Gasteiger partial charge in [0, 0.05) is 67.6 Å². The van der Waals surface area contributed by atoms with Crippen LogP contribution in [0.15, 0.2) is 91.3 Å². The number of aromatic nitrogens is 5. The number of hydrogen-bond donors (Lipinski definition) is 1. The first-order valence-corrected chi connectivity index (χ1v) is 22.7. The molecule has 1 N–H and O–H groups in total. The second-order valence-corrected chi connectivity index (χ2v) is 17.3. The molecule has 3 atom stereocenters. The molecule has 6 rings (SSSR count). The van der Waals surface area contributed by atoms with Crippen molar-refractivity contribution >= 4 is 17.6 Å². The van der Waals surface area contributed by atoms with Gasteiger partial charge in [0.25, 0.3) is 0 Å². The number of benzene rings is 3. The molecule has 1 amide bonds. The molecular weight excluding hydrogens is 871 g/mol. The number of nitrogens with zero attached hydrogens (tertiary/aromatic N) is 7. The normalized spacial score (nSPS) is 12.8. The van der Waals surface area contributed by atoms with Crippen molar-refractivity contribution in [2.45, 2.75) is 97.4 Å². The number of aliphatic hydroxyl groups excluding tert-OH is 1. The van der Waals surface area contributed by atoms with Crippen LogP contribution in [0, 0.1) is 0 Å². The van der Waals surface area contributed by atoms with Gasteiger partial charge in [-0.1, -0.05) is 43.7 Å². The fraction of sp³-hybridized carbons (Fsp3) is 0.431. The number of carbonyl (C=O) groups is 1. The number of likely N-dealkylation sites (N-methyl/N-ethyl adjacent to an activating group) is 1. The van der Waals surface area contributed by atoms with Crippen molar-refractivity contribution in [2.75, 3.05) is 53.6 Å².